The maximum absolute atomic E-state index is 11.4. The highest BCUT2D eigenvalue weighted by molar-refractivity contribution is 6.14. The quantitative estimate of drug-likeness (QED) is 0.202. The van der Waals surface area contributed by atoms with Gasteiger partial charge in [-0.3, -0.25) is 24.9 Å². The highest BCUT2D eigenvalue weighted by Crippen LogP contribution is 2.25. The lowest BCUT2D eigenvalue weighted by atomic mass is 9.89. The smallest absolute Gasteiger partial charge is 0.256 e. The van der Waals surface area contributed by atoms with E-state index in [0.717, 1.165) is 19.3 Å². The molecule has 0 radical (unpaired) electrons. The molecule has 1 aliphatic heterocycles. The van der Waals surface area contributed by atoms with Crippen molar-refractivity contribution < 1.29 is 19.6 Å². The topological polar surface area (TPSA) is 95.5 Å². The summed E-state index contributed by atoms with van der Waals surface area (Å²) < 4.78 is 0. The molecule has 0 aromatic carbocycles. The lowest BCUT2D eigenvalue weighted by molar-refractivity contribution is -0.140. The predicted molar refractivity (Wildman–Crippen MR) is 54.2 cm³/mol. The summed E-state index contributed by atoms with van der Waals surface area (Å²) in [6.45, 7) is 2.03. The van der Waals surface area contributed by atoms with Crippen molar-refractivity contribution in [2.24, 2.45) is 11.8 Å². The van der Waals surface area contributed by atoms with E-state index in [9.17, 15) is 14.4 Å². The second-order valence-corrected chi connectivity index (χ2v) is 3.91. The van der Waals surface area contributed by atoms with Crippen LogP contribution in [-0.4, -0.2) is 22.9 Å². The molecule has 0 saturated carbocycles. The maximum Gasteiger partial charge on any atom is 0.256 e. The number of rotatable bonds is 5. The highest BCUT2D eigenvalue weighted by Gasteiger charge is 2.45. The van der Waals surface area contributed by atoms with Gasteiger partial charge < -0.3 is 0 Å². The second kappa shape index (κ2) is 5.60. The number of hydroxylamine groups is 1. The van der Waals surface area contributed by atoms with Crippen molar-refractivity contribution in [2.75, 3.05) is 0 Å². The molecular weight excluding hydrogens is 212 g/mol. The summed E-state index contributed by atoms with van der Waals surface area (Å²) in [7, 11) is 0. The molecule has 0 aromatic rings. The molecule has 16 heavy (non-hydrogen) atoms. The summed E-state index contributed by atoms with van der Waals surface area (Å²) in [5.41, 5.74) is 1.43. The molecule has 1 aliphatic rings. The Morgan fingerprint density at radius 1 is 1.38 bits per heavy atom. The van der Waals surface area contributed by atoms with Crippen LogP contribution in [0.25, 0.3) is 0 Å². The number of carbonyl (C=O) groups is 3. The zero-order chi connectivity index (χ0) is 12.1. The Labute approximate surface area is 93.4 Å². The molecule has 2 unspecified atom stereocenters. The van der Waals surface area contributed by atoms with Crippen molar-refractivity contribution in [3.05, 3.63) is 0 Å². The van der Waals surface area contributed by atoms with Crippen LogP contribution in [0.4, 0.5) is 0 Å². The molecule has 6 nitrogen and oxygen atoms in total. The monoisotopic (exact) mass is 228 g/mol. The molecule has 0 spiro atoms. The molecule has 0 aliphatic carbocycles. The predicted octanol–water partition coefficient (Wildman–Crippen LogP) is -0.0391. The SMILES string of the molecule is CCCCCC1C(=O)NC(=O)C1C(=O)NO. The lowest BCUT2D eigenvalue weighted by Gasteiger charge is -2.12. The van der Waals surface area contributed by atoms with E-state index in [-0.39, 0.29) is 0 Å². The van der Waals surface area contributed by atoms with Crippen molar-refractivity contribution in [1.29, 1.82) is 0 Å². The zero-order valence-electron chi connectivity index (χ0n) is 9.16. The molecule has 2 atom stereocenters. The van der Waals surface area contributed by atoms with Crippen LogP contribution in [0.1, 0.15) is 32.6 Å². The Morgan fingerprint density at radius 2 is 2.06 bits per heavy atom. The Bertz CT molecular complexity index is 303. The summed E-state index contributed by atoms with van der Waals surface area (Å²) in [4.78, 5) is 34.0. The lowest BCUT2D eigenvalue weighted by Crippen LogP contribution is -2.36. The number of imide groups is 1. The molecule has 1 fully saturated rings. The fourth-order valence-corrected chi connectivity index (χ4v) is 1.91. The third kappa shape index (κ3) is 2.57. The summed E-state index contributed by atoms with van der Waals surface area (Å²) in [6, 6.07) is 0. The fourth-order valence-electron chi connectivity index (χ4n) is 1.91. The first kappa shape index (κ1) is 12.6. The summed E-state index contributed by atoms with van der Waals surface area (Å²) in [6.07, 6.45) is 3.23. The van der Waals surface area contributed by atoms with Gasteiger partial charge in [-0.25, -0.2) is 5.48 Å². The molecule has 0 aromatic heterocycles. The van der Waals surface area contributed by atoms with Gasteiger partial charge in [0, 0.05) is 0 Å². The number of unbranched alkanes of at least 4 members (excludes halogenated alkanes) is 2. The molecular formula is C10H16N2O4. The molecule has 1 heterocycles. The van der Waals surface area contributed by atoms with E-state index in [1.807, 2.05) is 6.92 Å². The molecule has 6 heteroatoms. The van der Waals surface area contributed by atoms with Crippen LogP contribution in [0.3, 0.4) is 0 Å². The number of carbonyl (C=O) groups excluding carboxylic acids is 3. The average molecular weight is 228 g/mol. The molecule has 1 rings (SSSR count). The first-order valence-corrected chi connectivity index (χ1v) is 5.40. The third-order valence-electron chi connectivity index (χ3n) is 2.78. The van der Waals surface area contributed by atoms with Gasteiger partial charge in [0.2, 0.25) is 11.8 Å². The van der Waals surface area contributed by atoms with Gasteiger partial charge in [0.05, 0.1) is 5.92 Å². The van der Waals surface area contributed by atoms with Crippen molar-refractivity contribution >= 4 is 17.7 Å². The fraction of sp³-hybridized carbons (Fsp3) is 0.700. The standard InChI is InChI=1S/C10H16N2O4/c1-2-3-4-5-6-7(10(15)12-16)9(14)11-8(6)13/h6-7,16H,2-5H2,1H3,(H,12,15)(H,11,13,14). The number of nitrogens with one attached hydrogen (secondary N) is 2. The summed E-state index contributed by atoms with van der Waals surface area (Å²) >= 11 is 0. The Hall–Kier alpha value is -1.43. The Morgan fingerprint density at radius 3 is 2.62 bits per heavy atom. The van der Waals surface area contributed by atoms with Crippen molar-refractivity contribution in [2.45, 2.75) is 32.6 Å². The van der Waals surface area contributed by atoms with Gasteiger partial charge in [0.1, 0.15) is 5.92 Å². The minimum absolute atomic E-state index is 0.422. The van der Waals surface area contributed by atoms with Crippen molar-refractivity contribution in [1.82, 2.24) is 10.8 Å². The Kier molecular flexibility index (Phi) is 4.42. The summed E-state index contributed by atoms with van der Waals surface area (Å²) in [5, 5.41) is 10.6. The second-order valence-electron chi connectivity index (χ2n) is 3.91. The van der Waals surface area contributed by atoms with E-state index in [1.54, 1.807) is 0 Å². The summed E-state index contributed by atoms with van der Waals surface area (Å²) in [5.74, 6) is -3.60. The molecule has 3 N–H and O–H groups in total. The molecule has 0 bridgehead atoms. The first-order valence-electron chi connectivity index (χ1n) is 5.40. The van der Waals surface area contributed by atoms with Crippen LogP contribution in [0.15, 0.2) is 0 Å². The first-order chi connectivity index (χ1) is 7.61. The molecule has 3 amide bonds. The average Bonchev–Trinajstić information content (AvgIpc) is 2.53. The zero-order valence-corrected chi connectivity index (χ0v) is 9.16. The van der Waals surface area contributed by atoms with Crippen LogP contribution < -0.4 is 10.8 Å². The van der Waals surface area contributed by atoms with Crippen molar-refractivity contribution in [3.8, 4) is 0 Å². The molecule has 90 valence electrons. The van der Waals surface area contributed by atoms with Gasteiger partial charge in [-0.05, 0) is 6.42 Å². The van der Waals surface area contributed by atoms with Crippen LogP contribution in [0.5, 0.6) is 0 Å². The highest BCUT2D eigenvalue weighted by atomic mass is 16.5. The van der Waals surface area contributed by atoms with Gasteiger partial charge in [-0.2, -0.15) is 0 Å². The van der Waals surface area contributed by atoms with Crippen LogP contribution in [0, 0.1) is 11.8 Å². The van der Waals surface area contributed by atoms with Crippen LogP contribution in [0.2, 0.25) is 0 Å². The van der Waals surface area contributed by atoms with Gasteiger partial charge in [-0.1, -0.05) is 26.2 Å². The van der Waals surface area contributed by atoms with Gasteiger partial charge in [0.15, 0.2) is 0 Å². The Balaban J connectivity index is 2.66. The van der Waals surface area contributed by atoms with E-state index < -0.39 is 29.6 Å². The largest absolute Gasteiger partial charge is 0.295 e. The van der Waals surface area contributed by atoms with E-state index in [2.05, 4.69) is 5.32 Å². The number of hydrogen-bond donors (Lipinski definition) is 3. The van der Waals surface area contributed by atoms with E-state index in [1.165, 1.54) is 5.48 Å². The van der Waals surface area contributed by atoms with E-state index in [4.69, 9.17) is 5.21 Å². The van der Waals surface area contributed by atoms with Gasteiger partial charge in [0.25, 0.3) is 5.91 Å². The van der Waals surface area contributed by atoms with Gasteiger partial charge >= 0.3 is 0 Å². The minimum atomic E-state index is -1.09. The number of amides is 3. The van der Waals surface area contributed by atoms with Gasteiger partial charge in [-0.15, -0.1) is 0 Å². The molecule has 1 saturated heterocycles. The number of hydrogen-bond acceptors (Lipinski definition) is 4. The van der Waals surface area contributed by atoms with Crippen LogP contribution in [-0.2, 0) is 14.4 Å². The van der Waals surface area contributed by atoms with Crippen LogP contribution >= 0.6 is 0 Å². The minimum Gasteiger partial charge on any atom is -0.295 e. The normalized spacial score (nSPS) is 24.4. The maximum atomic E-state index is 11.4. The van der Waals surface area contributed by atoms with Crippen molar-refractivity contribution in [3.63, 3.8) is 0 Å². The van der Waals surface area contributed by atoms with E-state index in [0.29, 0.717) is 6.42 Å². The van der Waals surface area contributed by atoms with E-state index >= 15 is 0 Å². The third-order valence-corrected chi connectivity index (χ3v) is 2.78.